The maximum Gasteiger partial charge on any atom is 0.313 e. The molecule has 10 nitrogen and oxygen atoms in total. The molecule has 3 saturated heterocycles. The number of β-amino-alcohol motifs (C(OH)–C–C–N with tert-alkyl or cyclic N) is 1. The zero-order valence-electron chi connectivity index (χ0n) is 27.4. The van der Waals surface area contributed by atoms with E-state index in [2.05, 4.69) is 18.5 Å². The Morgan fingerprint density at radius 1 is 1.17 bits per heavy atom. The highest BCUT2D eigenvalue weighted by molar-refractivity contribution is 6.05. The molecule has 3 aliphatic heterocycles. The summed E-state index contributed by atoms with van der Waals surface area (Å²) in [6, 6.07) is 13.4. The lowest BCUT2D eigenvalue weighted by atomic mass is 9.70. The number of ether oxygens (including phenoxy) is 2. The molecule has 5 rings (SSSR count). The second-order valence-corrected chi connectivity index (χ2v) is 12.8. The molecule has 2 aromatic carbocycles. The second-order valence-electron chi connectivity index (χ2n) is 12.8. The van der Waals surface area contributed by atoms with E-state index in [0.717, 1.165) is 11.1 Å². The third-order valence-corrected chi connectivity index (χ3v) is 9.67. The summed E-state index contributed by atoms with van der Waals surface area (Å²) in [7, 11) is 0. The Labute approximate surface area is 276 Å². The van der Waals surface area contributed by atoms with Crippen LogP contribution in [0.15, 0.2) is 73.8 Å². The summed E-state index contributed by atoms with van der Waals surface area (Å²) in [5.41, 5.74) is 1.98. The van der Waals surface area contributed by atoms with E-state index in [4.69, 9.17) is 9.47 Å². The summed E-state index contributed by atoms with van der Waals surface area (Å²) < 4.78 is 12.8. The van der Waals surface area contributed by atoms with Crippen molar-refractivity contribution in [3.8, 4) is 0 Å². The van der Waals surface area contributed by atoms with E-state index in [1.54, 1.807) is 24.0 Å². The summed E-state index contributed by atoms with van der Waals surface area (Å²) in [6.45, 7) is 12.9. The first kappa shape index (κ1) is 34.1. The Hall–Kier alpha value is -4.28. The van der Waals surface area contributed by atoms with Gasteiger partial charge >= 0.3 is 5.97 Å². The highest BCUT2D eigenvalue weighted by atomic mass is 16.6. The number of esters is 1. The molecule has 1 spiro atoms. The molecule has 0 aliphatic carbocycles. The number of carbonyl (C=O) groups excluding carboxylic acids is 4. The maximum absolute atomic E-state index is 14.6. The highest BCUT2D eigenvalue weighted by Gasteiger charge is 2.75. The van der Waals surface area contributed by atoms with E-state index in [-0.39, 0.29) is 37.9 Å². The van der Waals surface area contributed by atoms with Crippen LogP contribution in [0, 0.1) is 25.7 Å². The van der Waals surface area contributed by atoms with E-state index in [0.29, 0.717) is 30.5 Å². The number of nitrogens with zero attached hydrogens (tertiary/aromatic N) is 2. The second kappa shape index (κ2) is 14.2. The zero-order chi connectivity index (χ0) is 33.9. The minimum Gasteiger partial charge on any atom is -0.455 e. The lowest BCUT2D eigenvalue weighted by molar-refractivity contribution is -0.162. The van der Waals surface area contributed by atoms with Crippen molar-refractivity contribution in [2.75, 3.05) is 24.6 Å². The number of fused-ring (bicyclic) bond motifs is 1. The molecule has 2 bridgehead atoms. The number of benzene rings is 2. The number of rotatable bonds is 14. The smallest absolute Gasteiger partial charge is 0.313 e. The van der Waals surface area contributed by atoms with Crippen molar-refractivity contribution >= 4 is 29.4 Å². The number of hydrogen-bond acceptors (Lipinski definition) is 7. The molecule has 3 amide bonds. The quantitative estimate of drug-likeness (QED) is 0.236. The molecule has 2 aromatic rings. The van der Waals surface area contributed by atoms with Crippen LogP contribution in [-0.4, -0.2) is 77.2 Å². The van der Waals surface area contributed by atoms with Gasteiger partial charge < -0.3 is 29.7 Å². The van der Waals surface area contributed by atoms with Gasteiger partial charge in [0.1, 0.15) is 17.7 Å². The number of aryl methyl sites for hydroxylation is 2. The topological polar surface area (TPSA) is 125 Å². The third-order valence-electron chi connectivity index (χ3n) is 9.67. The number of aliphatic hydroxyl groups is 1. The van der Waals surface area contributed by atoms with Gasteiger partial charge in [-0.05, 0) is 62.8 Å². The van der Waals surface area contributed by atoms with Crippen molar-refractivity contribution < 1.29 is 33.8 Å². The average molecular weight is 644 g/mol. The van der Waals surface area contributed by atoms with Gasteiger partial charge in [-0.15, -0.1) is 13.2 Å². The third kappa shape index (κ3) is 6.36. The van der Waals surface area contributed by atoms with Crippen molar-refractivity contribution in [2.24, 2.45) is 11.8 Å². The first-order valence-corrected chi connectivity index (χ1v) is 16.3. The van der Waals surface area contributed by atoms with E-state index >= 15 is 0 Å². The predicted octanol–water partition coefficient (Wildman–Crippen LogP) is 3.94. The van der Waals surface area contributed by atoms with Crippen molar-refractivity contribution in [3.63, 3.8) is 0 Å². The minimum absolute atomic E-state index is 0.0849. The number of hydrogen-bond donors (Lipinski definition) is 2. The van der Waals surface area contributed by atoms with Gasteiger partial charge in [-0.3, -0.25) is 19.2 Å². The fourth-order valence-electron chi connectivity index (χ4n) is 7.58. The van der Waals surface area contributed by atoms with Gasteiger partial charge in [0.25, 0.3) is 5.91 Å². The Morgan fingerprint density at radius 2 is 1.91 bits per heavy atom. The van der Waals surface area contributed by atoms with Gasteiger partial charge in [0.05, 0.1) is 30.6 Å². The van der Waals surface area contributed by atoms with Crippen LogP contribution in [0.25, 0.3) is 0 Å². The van der Waals surface area contributed by atoms with Crippen LogP contribution in [-0.2, 0) is 28.7 Å². The summed E-state index contributed by atoms with van der Waals surface area (Å²) >= 11 is 0. The number of allylic oxidation sites excluding steroid dienone is 1. The first-order chi connectivity index (χ1) is 22.6. The van der Waals surface area contributed by atoms with E-state index in [1.165, 1.54) is 4.90 Å². The minimum atomic E-state index is -1.26. The Balaban J connectivity index is 1.47. The summed E-state index contributed by atoms with van der Waals surface area (Å²) in [4.78, 5) is 58.6. The molecule has 3 aliphatic rings. The molecule has 3 heterocycles. The van der Waals surface area contributed by atoms with Crippen molar-refractivity contribution in [1.29, 1.82) is 0 Å². The number of likely N-dealkylation sites (tertiary alicyclic amines) is 1. The van der Waals surface area contributed by atoms with Crippen molar-refractivity contribution in [2.45, 2.75) is 76.3 Å². The fourth-order valence-corrected chi connectivity index (χ4v) is 7.58. The van der Waals surface area contributed by atoms with Gasteiger partial charge in [0.15, 0.2) is 0 Å². The summed E-state index contributed by atoms with van der Waals surface area (Å²) in [5.74, 6) is -3.51. The van der Waals surface area contributed by atoms with Crippen LogP contribution < -0.4 is 10.2 Å². The van der Waals surface area contributed by atoms with Gasteiger partial charge in [0, 0.05) is 25.2 Å². The Kier molecular flexibility index (Phi) is 10.3. The molecule has 7 atom stereocenters. The Bertz CT molecular complexity index is 1530. The summed E-state index contributed by atoms with van der Waals surface area (Å²) in [6.07, 6.45) is 3.49. The van der Waals surface area contributed by atoms with Crippen molar-refractivity contribution in [1.82, 2.24) is 10.2 Å². The number of aliphatic hydroxyl groups excluding tert-OH is 1. The Morgan fingerprint density at radius 3 is 2.60 bits per heavy atom. The van der Waals surface area contributed by atoms with Gasteiger partial charge in [0.2, 0.25) is 11.8 Å². The van der Waals surface area contributed by atoms with Crippen molar-refractivity contribution in [3.05, 3.63) is 90.5 Å². The van der Waals surface area contributed by atoms with E-state index in [1.807, 2.05) is 62.4 Å². The maximum atomic E-state index is 14.6. The molecule has 0 saturated carbocycles. The molecule has 10 heteroatoms. The van der Waals surface area contributed by atoms with Crippen LogP contribution in [0.1, 0.15) is 55.4 Å². The molecule has 0 unspecified atom stereocenters. The largest absolute Gasteiger partial charge is 0.455 e. The molecule has 0 aromatic heterocycles. The lowest BCUT2D eigenvalue weighted by Crippen LogP contribution is -2.57. The monoisotopic (exact) mass is 643 g/mol. The van der Waals surface area contributed by atoms with Crippen LogP contribution in [0.3, 0.4) is 0 Å². The predicted molar refractivity (Wildman–Crippen MR) is 177 cm³/mol. The van der Waals surface area contributed by atoms with Crippen LogP contribution >= 0.6 is 0 Å². The fraction of sp³-hybridized carbons (Fsp3) is 0.459. The molecule has 47 heavy (non-hydrogen) atoms. The van der Waals surface area contributed by atoms with Crippen LogP contribution in [0.5, 0.6) is 0 Å². The number of amides is 3. The van der Waals surface area contributed by atoms with E-state index in [9.17, 15) is 24.3 Å². The van der Waals surface area contributed by atoms with Crippen LogP contribution in [0.4, 0.5) is 5.69 Å². The molecular weight excluding hydrogens is 598 g/mol. The standard InChI is InChI=1S/C37H45N3O7/c1-6-8-14-29(42)38-25(5)32(26-12-10-9-11-13-26)46-36(45)30-28-17-18-37(47-28)31(30)34(43)40(20-21-41)33(37)35(44)39(19-7-2)27-22-23(3)15-16-24(27)4/h6-7,9-13,15-16,22,25,28,30-33,41H,1-2,8,14,17-21H2,3-5H3,(H,38,42)/t25-,28+,30-,31-,32-,33+,37-/m1/s1. The van der Waals surface area contributed by atoms with Crippen LogP contribution in [0.2, 0.25) is 0 Å². The van der Waals surface area contributed by atoms with Gasteiger partial charge in [-0.1, -0.05) is 54.6 Å². The first-order valence-electron chi connectivity index (χ1n) is 16.3. The number of anilines is 1. The number of carbonyl (C=O) groups is 4. The molecule has 0 radical (unpaired) electrons. The van der Waals surface area contributed by atoms with Gasteiger partial charge in [-0.25, -0.2) is 0 Å². The van der Waals surface area contributed by atoms with E-state index < -0.39 is 53.6 Å². The summed E-state index contributed by atoms with van der Waals surface area (Å²) in [5, 5.41) is 12.9. The van der Waals surface area contributed by atoms with Gasteiger partial charge in [-0.2, -0.15) is 0 Å². The number of nitrogens with one attached hydrogen (secondary N) is 1. The molecule has 250 valence electrons. The molecular formula is C37H45N3O7. The SMILES string of the molecule is C=CCCC(=O)N[C@H](C)[C@@H](OC(=O)[C@@H]1[C@@H]2CC[C@]3(O2)[C@H](C(=O)N(CC=C)c2cc(C)ccc2C)N(CCO)C(=O)[C@@H]13)c1ccccc1. The average Bonchev–Trinajstić information content (AvgIpc) is 3.70. The molecule has 3 fully saturated rings. The molecule has 2 N–H and O–H groups in total. The zero-order valence-corrected chi connectivity index (χ0v) is 27.4. The normalized spacial score (nSPS) is 25.5. The lowest BCUT2D eigenvalue weighted by Gasteiger charge is -2.37. The highest BCUT2D eigenvalue weighted by Crippen LogP contribution is 2.59.